The summed E-state index contributed by atoms with van der Waals surface area (Å²) in [6.07, 6.45) is 1.49. The van der Waals surface area contributed by atoms with Gasteiger partial charge in [0.05, 0.1) is 12.1 Å². The number of halogens is 2. The van der Waals surface area contributed by atoms with Crippen molar-refractivity contribution in [2.75, 3.05) is 11.9 Å². The molecular weight excluding hydrogens is 618 g/mol. The first kappa shape index (κ1) is 33.6. The molecule has 0 aliphatic carbocycles. The topological polar surface area (TPSA) is 103 Å². The number of aliphatic hydroxyl groups excluding tert-OH is 1. The van der Waals surface area contributed by atoms with Crippen LogP contribution in [0, 0.1) is 11.6 Å². The number of benzene rings is 4. The molecule has 5 aromatic rings. The van der Waals surface area contributed by atoms with Crippen LogP contribution in [-0.4, -0.2) is 40.6 Å². The smallest absolute Gasteiger partial charge is 0.251 e. The van der Waals surface area contributed by atoms with Gasteiger partial charge in [-0.3, -0.25) is 9.59 Å². The fourth-order valence-corrected chi connectivity index (χ4v) is 6.00. The Bertz CT molecular complexity index is 1830. The number of nitrogens with one attached hydrogen (secondary N) is 3. The Labute approximate surface area is 276 Å². The molecule has 0 bridgehead atoms. The van der Waals surface area contributed by atoms with Crippen molar-refractivity contribution in [2.45, 2.75) is 45.4 Å². The third-order valence-corrected chi connectivity index (χ3v) is 8.45. The lowest BCUT2D eigenvalue weighted by atomic mass is 9.97. The highest BCUT2D eigenvalue weighted by Gasteiger charge is 2.24. The molecule has 5 rings (SSSR count). The molecule has 0 aliphatic rings. The Morgan fingerprint density at radius 2 is 1.62 bits per heavy atom. The number of thiazole rings is 1. The Kier molecular flexibility index (Phi) is 11.2. The first-order valence-electron chi connectivity index (χ1n) is 15.3. The normalized spacial score (nSPS) is 12.4. The van der Waals surface area contributed by atoms with Crippen LogP contribution in [0.5, 0.6) is 0 Å². The number of hydrogen-bond donors (Lipinski definition) is 4. The predicted octanol–water partition coefficient (Wildman–Crippen LogP) is 6.77. The number of amides is 2. The molecule has 2 unspecified atom stereocenters. The van der Waals surface area contributed by atoms with E-state index in [9.17, 15) is 23.5 Å². The fraction of sp³-hybridized carbons (Fsp3) is 0.216. The van der Waals surface area contributed by atoms with Crippen LogP contribution in [-0.2, 0) is 24.2 Å². The molecular formula is C37H36F2N4O3S. The molecule has 4 N–H and O–H groups in total. The number of carbonyl (C=O) groups excluding carboxylic acids is 2. The number of hydrogen-bond acceptors (Lipinski definition) is 6. The van der Waals surface area contributed by atoms with E-state index in [-0.39, 0.29) is 18.9 Å². The molecule has 10 heteroatoms. The van der Waals surface area contributed by atoms with Gasteiger partial charge in [0.15, 0.2) is 0 Å². The van der Waals surface area contributed by atoms with Crippen molar-refractivity contribution in [3.8, 4) is 21.7 Å². The second-order valence-corrected chi connectivity index (χ2v) is 12.2. The zero-order chi connectivity index (χ0) is 33.3. The van der Waals surface area contributed by atoms with Crippen molar-refractivity contribution in [2.24, 2.45) is 0 Å². The molecule has 0 saturated carbocycles. The van der Waals surface area contributed by atoms with Crippen LogP contribution in [0.15, 0.2) is 96.5 Å². The lowest BCUT2D eigenvalue weighted by Gasteiger charge is -2.25. The third kappa shape index (κ3) is 9.38. The monoisotopic (exact) mass is 654 g/mol. The molecule has 2 atom stereocenters. The largest absolute Gasteiger partial charge is 0.390 e. The molecule has 1 aromatic heterocycles. The summed E-state index contributed by atoms with van der Waals surface area (Å²) in [7, 11) is 0. The van der Waals surface area contributed by atoms with Gasteiger partial charge in [-0.2, -0.15) is 0 Å². The predicted molar refractivity (Wildman–Crippen MR) is 182 cm³/mol. The highest BCUT2D eigenvalue weighted by molar-refractivity contribution is 7.13. The zero-order valence-corrected chi connectivity index (χ0v) is 26.9. The maximum atomic E-state index is 14.1. The number of aliphatic hydroxyl groups is 1. The second kappa shape index (κ2) is 15.7. The summed E-state index contributed by atoms with van der Waals surface area (Å²) in [5.41, 5.74) is 5.68. The van der Waals surface area contributed by atoms with Gasteiger partial charge < -0.3 is 21.1 Å². The quantitative estimate of drug-likeness (QED) is 0.112. The maximum absolute atomic E-state index is 14.1. The SMILES string of the molecule is CCc1cccc(CNCC(O)C(Cc2cc(F)cc(F)c2)NC(=O)c2cc(-c3cccc(NC(C)=O)c3)cc(-c3nccs3)c2)c1. The third-order valence-electron chi connectivity index (χ3n) is 7.63. The number of carbonyl (C=O) groups is 2. The Morgan fingerprint density at radius 1 is 0.872 bits per heavy atom. The van der Waals surface area contributed by atoms with Crippen molar-refractivity contribution in [3.63, 3.8) is 0 Å². The number of nitrogens with zero attached hydrogens (tertiary/aromatic N) is 1. The zero-order valence-electron chi connectivity index (χ0n) is 26.1. The summed E-state index contributed by atoms with van der Waals surface area (Å²) in [5.74, 6) is -2.16. The van der Waals surface area contributed by atoms with Gasteiger partial charge in [0.1, 0.15) is 16.6 Å². The van der Waals surface area contributed by atoms with Gasteiger partial charge in [0.2, 0.25) is 5.91 Å². The Hall–Kier alpha value is -4.77. The molecule has 47 heavy (non-hydrogen) atoms. The van der Waals surface area contributed by atoms with Crippen molar-refractivity contribution in [1.29, 1.82) is 0 Å². The average molecular weight is 655 g/mol. The van der Waals surface area contributed by atoms with Gasteiger partial charge >= 0.3 is 0 Å². The van der Waals surface area contributed by atoms with Gasteiger partial charge in [-0.1, -0.05) is 43.3 Å². The van der Waals surface area contributed by atoms with Gasteiger partial charge in [-0.25, -0.2) is 13.8 Å². The van der Waals surface area contributed by atoms with E-state index in [2.05, 4.69) is 40.0 Å². The number of aryl methyl sites for hydroxylation is 1. The molecule has 242 valence electrons. The van der Waals surface area contributed by atoms with Crippen molar-refractivity contribution >= 4 is 28.8 Å². The number of anilines is 1. The summed E-state index contributed by atoms with van der Waals surface area (Å²) in [6.45, 7) is 4.13. The molecule has 7 nitrogen and oxygen atoms in total. The van der Waals surface area contributed by atoms with Gasteiger partial charge in [-0.05, 0) is 83.1 Å². The van der Waals surface area contributed by atoms with Gasteiger partial charge in [-0.15, -0.1) is 11.3 Å². The average Bonchev–Trinajstić information content (AvgIpc) is 3.59. The fourth-order valence-electron chi connectivity index (χ4n) is 5.38. The standard InChI is InChI=1S/C37H36F2N4O3S/c1-3-24-6-4-7-25(12-24)21-40-22-35(45)34(15-26-13-31(38)20-32(39)14-26)43-36(46)29-16-28(17-30(18-29)37-41-10-11-47-37)27-8-5-9-33(19-27)42-23(2)44/h4-14,16-20,34-35,40,45H,3,15,21-22H2,1-2H3,(H,42,44)(H,43,46). The molecule has 2 amide bonds. The van der Waals surface area contributed by atoms with E-state index in [4.69, 9.17) is 0 Å². The van der Waals surface area contributed by atoms with E-state index in [1.54, 1.807) is 24.4 Å². The molecule has 0 fully saturated rings. The molecule has 0 radical (unpaired) electrons. The molecule has 0 saturated heterocycles. The van der Waals surface area contributed by atoms with Crippen LogP contribution in [0.25, 0.3) is 21.7 Å². The maximum Gasteiger partial charge on any atom is 0.251 e. The molecule has 1 heterocycles. The Balaban J connectivity index is 1.42. The van der Waals surface area contributed by atoms with Gasteiger partial charge in [0.25, 0.3) is 5.91 Å². The van der Waals surface area contributed by atoms with Crippen LogP contribution >= 0.6 is 11.3 Å². The minimum atomic E-state index is -1.09. The van der Waals surface area contributed by atoms with Crippen LogP contribution in [0.4, 0.5) is 14.5 Å². The van der Waals surface area contributed by atoms with Crippen molar-refractivity contribution in [1.82, 2.24) is 15.6 Å². The van der Waals surface area contributed by atoms with Crippen molar-refractivity contribution in [3.05, 3.63) is 130 Å². The first-order chi connectivity index (χ1) is 22.7. The van der Waals surface area contributed by atoms with E-state index in [0.29, 0.717) is 33.9 Å². The highest BCUT2D eigenvalue weighted by Crippen LogP contribution is 2.31. The molecule has 0 spiro atoms. The van der Waals surface area contributed by atoms with Gasteiger partial charge in [0, 0.05) is 54.5 Å². The number of rotatable bonds is 13. The van der Waals surface area contributed by atoms with E-state index >= 15 is 0 Å². The van der Waals surface area contributed by atoms with Crippen molar-refractivity contribution < 1.29 is 23.5 Å². The summed E-state index contributed by atoms with van der Waals surface area (Å²) >= 11 is 1.43. The highest BCUT2D eigenvalue weighted by atomic mass is 32.1. The van der Waals surface area contributed by atoms with E-state index in [1.807, 2.05) is 41.8 Å². The number of aromatic nitrogens is 1. The summed E-state index contributed by atoms with van der Waals surface area (Å²) < 4.78 is 28.2. The van der Waals surface area contributed by atoms with Crippen LogP contribution in [0.3, 0.4) is 0 Å². The lowest BCUT2D eigenvalue weighted by Crippen LogP contribution is -2.48. The second-order valence-electron chi connectivity index (χ2n) is 11.3. The summed E-state index contributed by atoms with van der Waals surface area (Å²) in [4.78, 5) is 30.0. The Morgan fingerprint density at radius 3 is 2.34 bits per heavy atom. The summed E-state index contributed by atoms with van der Waals surface area (Å²) in [6, 6.07) is 23.1. The van der Waals surface area contributed by atoms with E-state index < -0.39 is 29.7 Å². The van der Waals surface area contributed by atoms with E-state index in [0.717, 1.165) is 29.2 Å². The minimum absolute atomic E-state index is 0.00756. The summed E-state index contributed by atoms with van der Waals surface area (Å²) in [5, 5.41) is 22.8. The first-order valence-corrected chi connectivity index (χ1v) is 16.2. The molecule has 4 aromatic carbocycles. The minimum Gasteiger partial charge on any atom is -0.390 e. The molecule has 0 aliphatic heterocycles. The lowest BCUT2D eigenvalue weighted by molar-refractivity contribution is -0.114. The van der Waals surface area contributed by atoms with Crippen LogP contribution < -0.4 is 16.0 Å². The van der Waals surface area contributed by atoms with Crippen LogP contribution in [0.1, 0.15) is 40.9 Å². The van der Waals surface area contributed by atoms with E-state index in [1.165, 1.54) is 36.0 Å². The van der Waals surface area contributed by atoms with Crippen LogP contribution in [0.2, 0.25) is 0 Å².